The first-order valence-corrected chi connectivity index (χ1v) is 9.02. The van der Waals surface area contributed by atoms with Crippen molar-refractivity contribution in [3.8, 4) is 0 Å². The molecular formula is C14H17ClFNO4S. The summed E-state index contributed by atoms with van der Waals surface area (Å²) >= 11 is 5.93. The fourth-order valence-electron chi connectivity index (χ4n) is 2.91. The highest BCUT2D eigenvalue weighted by molar-refractivity contribution is 7.89. The summed E-state index contributed by atoms with van der Waals surface area (Å²) in [5, 5.41) is -0.113. The monoisotopic (exact) mass is 349 g/mol. The van der Waals surface area contributed by atoms with Crippen molar-refractivity contribution in [2.75, 3.05) is 19.8 Å². The maximum absolute atomic E-state index is 13.2. The van der Waals surface area contributed by atoms with Gasteiger partial charge in [-0.3, -0.25) is 0 Å². The minimum Gasteiger partial charge on any atom is -0.349 e. The smallest absolute Gasteiger partial charge is 0.244 e. The molecule has 0 radical (unpaired) electrons. The van der Waals surface area contributed by atoms with E-state index >= 15 is 0 Å². The molecular weight excluding hydrogens is 333 g/mol. The lowest BCUT2D eigenvalue weighted by atomic mass is 10.0. The van der Waals surface area contributed by atoms with Gasteiger partial charge in [0.25, 0.3) is 0 Å². The van der Waals surface area contributed by atoms with E-state index in [2.05, 4.69) is 0 Å². The summed E-state index contributed by atoms with van der Waals surface area (Å²) in [6, 6.07) is 2.94. The van der Waals surface area contributed by atoms with Gasteiger partial charge in [-0.2, -0.15) is 4.31 Å². The summed E-state index contributed by atoms with van der Waals surface area (Å²) in [6.45, 7) is 1.31. The lowest BCUT2D eigenvalue weighted by Gasteiger charge is -2.37. The van der Waals surface area contributed by atoms with Crippen LogP contribution in [0.5, 0.6) is 0 Å². The van der Waals surface area contributed by atoms with Crippen LogP contribution in [0.25, 0.3) is 0 Å². The fraction of sp³-hybridized carbons (Fsp3) is 0.571. The first-order valence-electron chi connectivity index (χ1n) is 7.20. The van der Waals surface area contributed by atoms with Crippen LogP contribution >= 0.6 is 11.6 Å². The van der Waals surface area contributed by atoms with Crippen LogP contribution < -0.4 is 0 Å². The Hall–Kier alpha value is -0.730. The Bertz CT molecular complexity index is 648. The van der Waals surface area contributed by atoms with Gasteiger partial charge in [0.1, 0.15) is 10.7 Å². The van der Waals surface area contributed by atoms with Gasteiger partial charge in [0, 0.05) is 6.54 Å². The predicted octanol–water partition coefficient (Wildman–Crippen LogP) is 2.40. The minimum absolute atomic E-state index is 0.0829. The third-order valence-corrected chi connectivity index (χ3v) is 6.35. The largest absolute Gasteiger partial charge is 0.349 e. The number of piperidine rings is 1. The van der Waals surface area contributed by atoms with Crippen molar-refractivity contribution in [2.45, 2.75) is 36.5 Å². The number of sulfonamides is 1. The van der Waals surface area contributed by atoms with Crippen molar-refractivity contribution in [3.63, 3.8) is 0 Å². The molecule has 0 spiro atoms. The molecule has 1 aromatic rings. The molecule has 0 N–H and O–H groups in total. The highest BCUT2D eigenvalue weighted by atomic mass is 35.5. The van der Waals surface area contributed by atoms with Crippen molar-refractivity contribution < 1.29 is 22.3 Å². The molecule has 0 aliphatic carbocycles. The maximum Gasteiger partial charge on any atom is 0.244 e. The minimum atomic E-state index is -3.82. The molecule has 0 aromatic heterocycles. The number of hydrogen-bond acceptors (Lipinski definition) is 4. The van der Waals surface area contributed by atoms with E-state index < -0.39 is 22.1 Å². The normalized spacial score (nSPS) is 24.7. The zero-order valence-corrected chi connectivity index (χ0v) is 13.4. The fourth-order valence-corrected chi connectivity index (χ4v) is 5.10. The number of benzene rings is 1. The Morgan fingerprint density at radius 1 is 1.23 bits per heavy atom. The number of halogens is 2. The first-order chi connectivity index (χ1) is 10.5. The second-order valence-electron chi connectivity index (χ2n) is 5.36. The van der Waals surface area contributed by atoms with E-state index in [0.29, 0.717) is 26.2 Å². The standard InChI is InChI=1S/C14H17ClFNO4S/c15-11-9-10(16)4-5-13(11)22(18,19)17-6-2-1-3-12(17)14-20-7-8-21-14/h4-5,9,12,14H,1-3,6-8H2/t12-/m0/s1. The van der Waals surface area contributed by atoms with Crippen molar-refractivity contribution in [2.24, 2.45) is 0 Å². The molecule has 122 valence electrons. The highest BCUT2D eigenvalue weighted by Crippen LogP contribution is 2.32. The van der Waals surface area contributed by atoms with Crippen molar-refractivity contribution in [1.82, 2.24) is 4.31 Å². The van der Waals surface area contributed by atoms with E-state index in [1.165, 1.54) is 10.4 Å². The van der Waals surface area contributed by atoms with Crippen LogP contribution in [-0.4, -0.2) is 44.8 Å². The Labute approximate surface area is 134 Å². The quantitative estimate of drug-likeness (QED) is 0.840. The van der Waals surface area contributed by atoms with Crippen molar-refractivity contribution in [3.05, 3.63) is 29.0 Å². The summed E-state index contributed by atoms with van der Waals surface area (Å²) in [6.07, 6.45) is 1.80. The molecule has 1 atom stereocenters. The summed E-state index contributed by atoms with van der Waals surface area (Å²) in [7, 11) is -3.82. The Morgan fingerprint density at radius 2 is 1.95 bits per heavy atom. The van der Waals surface area contributed by atoms with Crippen LogP contribution in [0.2, 0.25) is 5.02 Å². The Kier molecular flexibility index (Phi) is 4.70. The Balaban J connectivity index is 1.94. The van der Waals surface area contributed by atoms with Gasteiger partial charge >= 0.3 is 0 Å². The Morgan fingerprint density at radius 3 is 2.64 bits per heavy atom. The lowest BCUT2D eigenvalue weighted by Crippen LogP contribution is -2.50. The summed E-state index contributed by atoms with van der Waals surface area (Å²) in [4.78, 5) is -0.0829. The SMILES string of the molecule is O=S(=O)(c1ccc(F)cc1Cl)N1CCCC[C@H]1C1OCCO1. The molecule has 1 aromatic carbocycles. The molecule has 2 saturated heterocycles. The van der Waals surface area contributed by atoms with Gasteiger partial charge in [-0.15, -0.1) is 0 Å². The molecule has 2 fully saturated rings. The van der Waals surface area contributed by atoms with Crippen LogP contribution in [0.4, 0.5) is 4.39 Å². The average Bonchev–Trinajstić information content (AvgIpc) is 3.01. The number of rotatable bonds is 3. The van der Waals surface area contributed by atoms with Crippen LogP contribution in [0.1, 0.15) is 19.3 Å². The maximum atomic E-state index is 13.2. The molecule has 8 heteroatoms. The molecule has 0 amide bonds. The van der Waals surface area contributed by atoms with Crippen LogP contribution in [-0.2, 0) is 19.5 Å². The van der Waals surface area contributed by atoms with Gasteiger partial charge in [-0.05, 0) is 31.0 Å². The van der Waals surface area contributed by atoms with Gasteiger partial charge in [0.05, 0.1) is 24.3 Å². The van der Waals surface area contributed by atoms with Crippen LogP contribution in [0.15, 0.2) is 23.1 Å². The molecule has 2 aliphatic rings. The van der Waals surface area contributed by atoms with E-state index in [1.54, 1.807) is 0 Å². The molecule has 3 rings (SSSR count). The number of nitrogens with zero attached hydrogens (tertiary/aromatic N) is 1. The molecule has 0 saturated carbocycles. The predicted molar refractivity (Wildman–Crippen MR) is 78.6 cm³/mol. The molecule has 5 nitrogen and oxygen atoms in total. The molecule has 22 heavy (non-hydrogen) atoms. The zero-order chi connectivity index (χ0) is 15.7. The number of hydrogen-bond donors (Lipinski definition) is 0. The first kappa shape index (κ1) is 16.1. The third kappa shape index (κ3) is 3.00. The average molecular weight is 350 g/mol. The second kappa shape index (κ2) is 6.41. The van der Waals surface area contributed by atoms with Gasteiger partial charge in [-0.1, -0.05) is 18.0 Å². The lowest BCUT2D eigenvalue weighted by molar-refractivity contribution is -0.0913. The highest BCUT2D eigenvalue weighted by Gasteiger charge is 2.41. The van der Waals surface area contributed by atoms with E-state index in [9.17, 15) is 12.8 Å². The van der Waals surface area contributed by atoms with Crippen molar-refractivity contribution >= 4 is 21.6 Å². The van der Waals surface area contributed by atoms with Gasteiger partial charge in [0.15, 0.2) is 6.29 Å². The summed E-state index contributed by atoms with van der Waals surface area (Å²) < 4.78 is 51.3. The van der Waals surface area contributed by atoms with Crippen LogP contribution in [0.3, 0.4) is 0 Å². The molecule has 0 bridgehead atoms. The van der Waals surface area contributed by atoms with Gasteiger partial charge in [-0.25, -0.2) is 12.8 Å². The van der Waals surface area contributed by atoms with E-state index in [1.807, 2.05) is 0 Å². The topological polar surface area (TPSA) is 55.8 Å². The molecule has 2 aliphatic heterocycles. The summed E-state index contributed by atoms with van der Waals surface area (Å²) in [5.41, 5.74) is 0. The van der Waals surface area contributed by atoms with Gasteiger partial charge in [0.2, 0.25) is 10.0 Å². The van der Waals surface area contributed by atoms with E-state index in [4.69, 9.17) is 21.1 Å². The van der Waals surface area contributed by atoms with Gasteiger partial charge < -0.3 is 9.47 Å². The van der Waals surface area contributed by atoms with Crippen LogP contribution in [0, 0.1) is 5.82 Å². The molecule has 0 unspecified atom stereocenters. The third-order valence-electron chi connectivity index (χ3n) is 3.94. The second-order valence-corrected chi connectivity index (χ2v) is 7.63. The van der Waals surface area contributed by atoms with Crippen molar-refractivity contribution in [1.29, 1.82) is 0 Å². The number of ether oxygens (including phenoxy) is 2. The summed E-state index contributed by atoms with van der Waals surface area (Å²) in [5.74, 6) is -0.568. The zero-order valence-electron chi connectivity index (χ0n) is 11.9. The molecule has 2 heterocycles. The van der Waals surface area contributed by atoms with E-state index in [0.717, 1.165) is 25.0 Å². The van der Waals surface area contributed by atoms with E-state index in [-0.39, 0.29) is 16.0 Å².